The van der Waals surface area contributed by atoms with Crippen molar-refractivity contribution < 1.29 is 14.3 Å². The molecular weight excluding hydrogens is 192 g/mol. The van der Waals surface area contributed by atoms with E-state index in [0.717, 1.165) is 12.8 Å². The van der Waals surface area contributed by atoms with Crippen LogP contribution in [-0.2, 0) is 14.3 Å². The summed E-state index contributed by atoms with van der Waals surface area (Å²) in [5, 5.41) is 0. The first kappa shape index (κ1) is 14.4. The molecule has 15 heavy (non-hydrogen) atoms. The number of esters is 1. The van der Waals surface area contributed by atoms with E-state index in [-0.39, 0.29) is 18.2 Å². The van der Waals surface area contributed by atoms with Crippen molar-refractivity contribution in [1.29, 1.82) is 0 Å². The molecule has 90 valence electrons. The standard InChI is InChI=1S/C12H24O3/c1-7-11(3,4)14-9-10(13)15-12(5,6)8-2/h7-9H2,1-6H3. The second-order valence-corrected chi connectivity index (χ2v) is 4.99. The fourth-order valence-corrected chi connectivity index (χ4v) is 0.766. The third-order valence-electron chi connectivity index (χ3n) is 2.67. The summed E-state index contributed by atoms with van der Waals surface area (Å²) in [6.07, 6.45) is 1.67. The first-order valence-electron chi connectivity index (χ1n) is 5.58. The molecule has 0 N–H and O–H groups in total. The lowest BCUT2D eigenvalue weighted by atomic mass is 10.1. The van der Waals surface area contributed by atoms with Crippen LogP contribution >= 0.6 is 0 Å². The molecule has 0 aromatic heterocycles. The summed E-state index contributed by atoms with van der Waals surface area (Å²) in [6, 6.07) is 0. The maximum Gasteiger partial charge on any atom is 0.332 e. The second kappa shape index (κ2) is 5.50. The summed E-state index contributed by atoms with van der Waals surface area (Å²) in [4.78, 5) is 11.4. The van der Waals surface area contributed by atoms with Crippen LogP contribution < -0.4 is 0 Å². The summed E-state index contributed by atoms with van der Waals surface area (Å²) in [7, 11) is 0. The van der Waals surface area contributed by atoms with Gasteiger partial charge in [-0.15, -0.1) is 0 Å². The van der Waals surface area contributed by atoms with Gasteiger partial charge in [0.05, 0.1) is 5.60 Å². The lowest BCUT2D eigenvalue weighted by Gasteiger charge is -2.26. The number of ether oxygens (including phenoxy) is 2. The van der Waals surface area contributed by atoms with Crippen LogP contribution in [0.5, 0.6) is 0 Å². The second-order valence-electron chi connectivity index (χ2n) is 4.99. The molecule has 0 saturated heterocycles. The van der Waals surface area contributed by atoms with Crippen LogP contribution in [0.1, 0.15) is 54.4 Å². The van der Waals surface area contributed by atoms with Crippen molar-refractivity contribution in [3.8, 4) is 0 Å². The summed E-state index contributed by atoms with van der Waals surface area (Å²) in [6.45, 7) is 11.8. The number of hydrogen-bond acceptors (Lipinski definition) is 3. The lowest BCUT2D eigenvalue weighted by Crippen LogP contribution is -2.32. The highest BCUT2D eigenvalue weighted by atomic mass is 16.6. The Kier molecular flexibility index (Phi) is 5.29. The van der Waals surface area contributed by atoms with Gasteiger partial charge in [-0.3, -0.25) is 0 Å². The Balaban J connectivity index is 3.96. The van der Waals surface area contributed by atoms with Crippen LogP contribution in [0.15, 0.2) is 0 Å². The van der Waals surface area contributed by atoms with Gasteiger partial charge in [-0.05, 0) is 40.5 Å². The molecule has 0 fully saturated rings. The first-order chi connectivity index (χ1) is 6.72. The summed E-state index contributed by atoms with van der Waals surface area (Å²) < 4.78 is 10.7. The maximum atomic E-state index is 11.4. The van der Waals surface area contributed by atoms with Crippen LogP contribution in [0.25, 0.3) is 0 Å². The SMILES string of the molecule is CCC(C)(C)OCC(=O)OC(C)(C)CC. The fourth-order valence-electron chi connectivity index (χ4n) is 0.766. The molecule has 0 rings (SSSR count). The molecule has 0 aliphatic heterocycles. The quantitative estimate of drug-likeness (QED) is 0.640. The van der Waals surface area contributed by atoms with Crippen LogP contribution in [0.2, 0.25) is 0 Å². The average molecular weight is 216 g/mol. The Morgan fingerprint density at radius 2 is 1.47 bits per heavy atom. The molecule has 0 bridgehead atoms. The zero-order chi connectivity index (χ0) is 12.1. The highest BCUT2D eigenvalue weighted by Crippen LogP contribution is 2.16. The maximum absolute atomic E-state index is 11.4. The minimum absolute atomic E-state index is 0.0320. The largest absolute Gasteiger partial charge is 0.458 e. The topological polar surface area (TPSA) is 35.5 Å². The first-order valence-corrected chi connectivity index (χ1v) is 5.58. The molecule has 0 aliphatic carbocycles. The van der Waals surface area contributed by atoms with Gasteiger partial charge in [0.1, 0.15) is 12.2 Å². The van der Waals surface area contributed by atoms with E-state index < -0.39 is 5.60 Å². The van der Waals surface area contributed by atoms with E-state index in [1.165, 1.54) is 0 Å². The summed E-state index contributed by atoms with van der Waals surface area (Å²) in [5.74, 6) is -0.289. The molecule has 0 saturated carbocycles. The van der Waals surface area contributed by atoms with Gasteiger partial charge in [-0.2, -0.15) is 0 Å². The van der Waals surface area contributed by atoms with Crippen LogP contribution in [0.3, 0.4) is 0 Å². The molecule has 3 heteroatoms. The van der Waals surface area contributed by atoms with Gasteiger partial charge in [0.15, 0.2) is 0 Å². The van der Waals surface area contributed by atoms with Crippen molar-refractivity contribution in [3.63, 3.8) is 0 Å². The molecule has 0 radical (unpaired) electrons. The van der Waals surface area contributed by atoms with Crippen LogP contribution in [0, 0.1) is 0 Å². The van der Waals surface area contributed by atoms with Gasteiger partial charge in [0.2, 0.25) is 0 Å². The van der Waals surface area contributed by atoms with Gasteiger partial charge >= 0.3 is 5.97 Å². The third kappa shape index (κ3) is 6.50. The zero-order valence-corrected chi connectivity index (χ0v) is 10.8. The van der Waals surface area contributed by atoms with Crippen molar-refractivity contribution in [1.82, 2.24) is 0 Å². The molecule has 0 aromatic rings. The van der Waals surface area contributed by atoms with Crippen molar-refractivity contribution in [3.05, 3.63) is 0 Å². The monoisotopic (exact) mass is 216 g/mol. The van der Waals surface area contributed by atoms with Crippen LogP contribution in [-0.4, -0.2) is 23.8 Å². The van der Waals surface area contributed by atoms with E-state index in [0.29, 0.717) is 0 Å². The van der Waals surface area contributed by atoms with E-state index in [1.807, 2.05) is 41.5 Å². The van der Waals surface area contributed by atoms with Gasteiger partial charge in [0.25, 0.3) is 0 Å². The average Bonchev–Trinajstić information content (AvgIpc) is 2.15. The van der Waals surface area contributed by atoms with Gasteiger partial charge < -0.3 is 9.47 Å². The highest BCUT2D eigenvalue weighted by molar-refractivity contribution is 5.71. The molecule has 0 atom stereocenters. The smallest absolute Gasteiger partial charge is 0.332 e. The van der Waals surface area contributed by atoms with E-state index in [9.17, 15) is 4.79 Å². The lowest BCUT2D eigenvalue weighted by molar-refractivity contribution is -0.167. The Hall–Kier alpha value is -0.570. The molecular formula is C12H24O3. The molecule has 0 aromatic carbocycles. The van der Waals surface area contributed by atoms with E-state index in [2.05, 4.69) is 0 Å². The number of carbonyl (C=O) groups is 1. The highest BCUT2D eigenvalue weighted by Gasteiger charge is 2.23. The number of carbonyl (C=O) groups excluding carboxylic acids is 1. The number of hydrogen-bond donors (Lipinski definition) is 0. The molecule has 0 unspecified atom stereocenters. The predicted octanol–water partition coefficient (Wildman–Crippen LogP) is 2.92. The summed E-state index contributed by atoms with van der Waals surface area (Å²) in [5.41, 5.74) is -0.647. The van der Waals surface area contributed by atoms with Gasteiger partial charge in [-0.25, -0.2) is 4.79 Å². The van der Waals surface area contributed by atoms with Gasteiger partial charge in [0, 0.05) is 0 Å². The van der Waals surface area contributed by atoms with Crippen molar-refractivity contribution in [2.75, 3.05) is 6.61 Å². The molecule has 0 amide bonds. The van der Waals surface area contributed by atoms with Gasteiger partial charge in [-0.1, -0.05) is 13.8 Å². The van der Waals surface area contributed by atoms with E-state index in [1.54, 1.807) is 0 Å². The van der Waals surface area contributed by atoms with Crippen molar-refractivity contribution in [2.24, 2.45) is 0 Å². The Morgan fingerprint density at radius 3 is 1.87 bits per heavy atom. The third-order valence-corrected chi connectivity index (χ3v) is 2.67. The normalized spacial score (nSPS) is 12.7. The zero-order valence-electron chi connectivity index (χ0n) is 10.8. The molecule has 3 nitrogen and oxygen atoms in total. The van der Waals surface area contributed by atoms with Crippen molar-refractivity contribution in [2.45, 2.75) is 65.6 Å². The Bertz CT molecular complexity index is 207. The number of rotatable bonds is 6. The van der Waals surface area contributed by atoms with Crippen LogP contribution in [0.4, 0.5) is 0 Å². The molecule has 0 heterocycles. The van der Waals surface area contributed by atoms with Crippen molar-refractivity contribution >= 4 is 5.97 Å². The predicted molar refractivity (Wildman–Crippen MR) is 60.8 cm³/mol. The molecule has 0 spiro atoms. The fraction of sp³-hybridized carbons (Fsp3) is 0.917. The van der Waals surface area contributed by atoms with E-state index in [4.69, 9.17) is 9.47 Å². The minimum atomic E-state index is -0.392. The Morgan fingerprint density at radius 1 is 1.00 bits per heavy atom. The minimum Gasteiger partial charge on any atom is -0.458 e. The molecule has 0 aliphatic rings. The summed E-state index contributed by atoms with van der Waals surface area (Å²) >= 11 is 0. The van der Waals surface area contributed by atoms with E-state index >= 15 is 0 Å². The Labute approximate surface area is 93.1 Å².